The number of urea groups is 1. The maximum absolute atomic E-state index is 12.6. The number of hydrogen-bond acceptors (Lipinski definition) is 4. The summed E-state index contributed by atoms with van der Waals surface area (Å²) in [4.78, 5) is 50.0. The van der Waals surface area contributed by atoms with Crippen LogP contribution in [0.2, 0.25) is 0 Å². The molecule has 0 unspecified atom stereocenters. The van der Waals surface area contributed by atoms with Gasteiger partial charge in [-0.1, -0.05) is 6.08 Å². The van der Waals surface area contributed by atoms with Gasteiger partial charge in [-0.2, -0.15) is 0 Å². The molecule has 126 valence electrons. The number of rotatable bonds is 5. The van der Waals surface area contributed by atoms with E-state index in [1.165, 1.54) is 6.08 Å². The van der Waals surface area contributed by atoms with Crippen LogP contribution in [0.5, 0.6) is 0 Å². The van der Waals surface area contributed by atoms with Crippen LogP contribution in [-0.4, -0.2) is 46.5 Å². The highest BCUT2D eigenvalue weighted by Gasteiger charge is 2.44. The van der Waals surface area contributed by atoms with Crippen LogP contribution in [0.15, 0.2) is 18.7 Å². The van der Waals surface area contributed by atoms with Crippen molar-refractivity contribution in [2.45, 2.75) is 27.7 Å². The van der Waals surface area contributed by atoms with Gasteiger partial charge < -0.3 is 0 Å². The number of hydrogen-bond donors (Lipinski definition) is 0. The summed E-state index contributed by atoms with van der Waals surface area (Å²) in [6, 6.07) is 0.977. The van der Waals surface area contributed by atoms with Crippen molar-refractivity contribution in [2.24, 2.45) is 0 Å². The summed E-state index contributed by atoms with van der Waals surface area (Å²) < 4.78 is 0. The third-order valence-corrected chi connectivity index (χ3v) is 4.53. The smallest absolute Gasteiger partial charge is 0.292 e. The maximum Gasteiger partial charge on any atom is 0.334 e. The lowest BCUT2D eigenvalue weighted by Crippen LogP contribution is -2.37. The van der Waals surface area contributed by atoms with Crippen LogP contribution in [0.25, 0.3) is 0 Å². The Labute approximate surface area is 140 Å². The van der Waals surface area contributed by atoms with E-state index in [4.69, 9.17) is 0 Å². The Morgan fingerprint density at radius 3 is 2.17 bits per heavy atom. The number of amides is 4. The highest BCUT2D eigenvalue weighted by molar-refractivity contribution is 6.45. The summed E-state index contributed by atoms with van der Waals surface area (Å²) in [7, 11) is 0. The molecule has 2 rings (SSSR count). The van der Waals surface area contributed by atoms with Gasteiger partial charge in [-0.25, -0.2) is 9.69 Å². The fourth-order valence-electron chi connectivity index (χ4n) is 2.71. The van der Waals surface area contributed by atoms with Crippen LogP contribution in [0, 0.1) is 27.7 Å². The first-order valence-corrected chi connectivity index (χ1v) is 7.59. The van der Waals surface area contributed by atoms with Crippen LogP contribution in [-0.2, 0) is 9.59 Å². The van der Waals surface area contributed by atoms with Crippen molar-refractivity contribution in [2.75, 3.05) is 13.1 Å². The van der Waals surface area contributed by atoms with Gasteiger partial charge in [-0.05, 0) is 56.0 Å². The van der Waals surface area contributed by atoms with E-state index < -0.39 is 24.4 Å². The Morgan fingerprint density at radius 2 is 1.58 bits per heavy atom. The molecule has 0 aromatic heterocycles. The predicted octanol–water partition coefficient (Wildman–Crippen LogP) is 2.08. The topological polar surface area (TPSA) is 74.8 Å². The zero-order valence-electron chi connectivity index (χ0n) is 14.3. The standard InChI is InChI=1S/C18H20N2O4/c1-6-7-19-16(22)17(23)20(18(19)24)9-15(21)14-8-10(2)11(3)12(4)13(14)5/h6,8H,1,7,9H2,2-5H3. The lowest BCUT2D eigenvalue weighted by Gasteiger charge is -2.16. The first-order chi connectivity index (χ1) is 11.2. The summed E-state index contributed by atoms with van der Waals surface area (Å²) in [5.41, 5.74) is 4.35. The van der Waals surface area contributed by atoms with E-state index in [-0.39, 0.29) is 12.3 Å². The van der Waals surface area contributed by atoms with Crippen molar-refractivity contribution in [3.63, 3.8) is 0 Å². The number of aryl methyl sites for hydroxylation is 1. The van der Waals surface area contributed by atoms with Crippen molar-refractivity contribution in [1.82, 2.24) is 9.80 Å². The van der Waals surface area contributed by atoms with Gasteiger partial charge in [0.15, 0.2) is 5.78 Å². The molecular weight excluding hydrogens is 308 g/mol. The van der Waals surface area contributed by atoms with Gasteiger partial charge in [0, 0.05) is 12.1 Å². The van der Waals surface area contributed by atoms with Gasteiger partial charge in [-0.3, -0.25) is 19.3 Å². The molecule has 1 saturated heterocycles. The van der Waals surface area contributed by atoms with E-state index in [9.17, 15) is 19.2 Å². The molecule has 0 spiro atoms. The summed E-state index contributed by atoms with van der Waals surface area (Å²) in [5.74, 6) is -2.28. The van der Waals surface area contributed by atoms with Gasteiger partial charge >= 0.3 is 17.8 Å². The summed E-state index contributed by atoms with van der Waals surface area (Å²) in [6.45, 7) is 10.6. The molecule has 0 aliphatic carbocycles. The van der Waals surface area contributed by atoms with Crippen molar-refractivity contribution in [3.8, 4) is 0 Å². The van der Waals surface area contributed by atoms with Crippen molar-refractivity contribution in [3.05, 3.63) is 46.5 Å². The van der Waals surface area contributed by atoms with Crippen LogP contribution in [0.4, 0.5) is 4.79 Å². The number of carbonyl (C=O) groups is 4. The molecule has 0 atom stereocenters. The van der Waals surface area contributed by atoms with Gasteiger partial charge in [0.1, 0.15) is 0 Å². The first kappa shape index (κ1) is 17.6. The molecule has 1 aliphatic rings. The van der Waals surface area contributed by atoms with Crippen LogP contribution >= 0.6 is 0 Å². The molecule has 1 heterocycles. The molecule has 0 radical (unpaired) electrons. The molecule has 0 N–H and O–H groups in total. The largest absolute Gasteiger partial charge is 0.334 e. The number of ketones is 1. The molecule has 1 aliphatic heterocycles. The highest BCUT2D eigenvalue weighted by atomic mass is 16.2. The van der Waals surface area contributed by atoms with E-state index in [2.05, 4.69) is 6.58 Å². The number of nitrogens with zero attached hydrogens (tertiary/aromatic N) is 2. The Balaban J connectivity index is 2.31. The third-order valence-electron chi connectivity index (χ3n) is 4.53. The second kappa shape index (κ2) is 6.39. The molecule has 1 aromatic carbocycles. The molecule has 0 saturated carbocycles. The Bertz CT molecular complexity index is 780. The Hall–Kier alpha value is -2.76. The van der Waals surface area contributed by atoms with Crippen LogP contribution < -0.4 is 0 Å². The lowest BCUT2D eigenvalue weighted by atomic mass is 9.92. The van der Waals surface area contributed by atoms with E-state index in [0.29, 0.717) is 10.5 Å². The zero-order valence-corrected chi connectivity index (χ0v) is 14.3. The fraction of sp³-hybridized carbons (Fsp3) is 0.333. The van der Waals surface area contributed by atoms with E-state index in [1.807, 2.05) is 27.7 Å². The number of Topliss-reactive ketones (excluding diaryl/α,β-unsaturated/α-hetero) is 1. The monoisotopic (exact) mass is 328 g/mol. The minimum atomic E-state index is -0.978. The van der Waals surface area contributed by atoms with Gasteiger partial charge in [-0.15, -0.1) is 6.58 Å². The SMILES string of the molecule is C=CCN1C(=O)C(=O)N(CC(=O)c2cc(C)c(C)c(C)c2C)C1=O. The second-order valence-corrected chi connectivity index (χ2v) is 5.92. The molecule has 6 heteroatoms. The minimum Gasteiger partial charge on any atom is -0.292 e. The van der Waals surface area contributed by atoms with Crippen LogP contribution in [0.3, 0.4) is 0 Å². The number of imide groups is 2. The number of carbonyl (C=O) groups excluding carboxylic acids is 4. The van der Waals surface area contributed by atoms with Crippen molar-refractivity contribution < 1.29 is 19.2 Å². The minimum absolute atomic E-state index is 0.0596. The second-order valence-electron chi connectivity index (χ2n) is 5.92. The quantitative estimate of drug-likeness (QED) is 0.359. The average Bonchev–Trinajstić information content (AvgIpc) is 2.74. The molecule has 4 amide bonds. The molecular formula is C18H20N2O4. The van der Waals surface area contributed by atoms with Gasteiger partial charge in [0.05, 0.1) is 6.54 Å². The first-order valence-electron chi connectivity index (χ1n) is 7.59. The zero-order chi connectivity index (χ0) is 18.2. The number of benzene rings is 1. The van der Waals surface area contributed by atoms with Gasteiger partial charge in [0.25, 0.3) is 0 Å². The van der Waals surface area contributed by atoms with Gasteiger partial charge in [0.2, 0.25) is 0 Å². The normalized spacial score (nSPS) is 14.6. The molecule has 24 heavy (non-hydrogen) atoms. The van der Waals surface area contributed by atoms with E-state index >= 15 is 0 Å². The predicted molar refractivity (Wildman–Crippen MR) is 88.7 cm³/mol. The lowest BCUT2D eigenvalue weighted by molar-refractivity contribution is -0.142. The molecule has 1 aromatic rings. The van der Waals surface area contributed by atoms with Crippen LogP contribution in [0.1, 0.15) is 32.6 Å². The Kier molecular flexibility index (Phi) is 4.68. The molecule has 0 bridgehead atoms. The summed E-state index contributed by atoms with van der Waals surface area (Å²) in [5, 5.41) is 0. The average molecular weight is 328 g/mol. The highest BCUT2D eigenvalue weighted by Crippen LogP contribution is 2.22. The summed E-state index contributed by atoms with van der Waals surface area (Å²) in [6.07, 6.45) is 1.35. The fourth-order valence-corrected chi connectivity index (χ4v) is 2.71. The van der Waals surface area contributed by atoms with E-state index in [1.54, 1.807) is 6.07 Å². The van der Waals surface area contributed by atoms with Crippen molar-refractivity contribution >= 4 is 23.6 Å². The third kappa shape index (κ3) is 2.75. The molecule has 1 fully saturated rings. The molecule has 6 nitrogen and oxygen atoms in total. The van der Waals surface area contributed by atoms with Crippen molar-refractivity contribution in [1.29, 1.82) is 0 Å². The Morgan fingerprint density at radius 1 is 1.00 bits per heavy atom. The maximum atomic E-state index is 12.6. The van der Waals surface area contributed by atoms with E-state index in [0.717, 1.165) is 27.2 Å². The summed E-state index contributed by atoms with van der Waals surface area (Å²) >= 11 is 0.